The van der Waals surface area contributed by atoms with E-state index in [4.69, 9.17) is 0 Å². The monoisotopic (exact) mass is 344 g/mol. The number of amides is 1. The van der Waals surface area contributed by atoms with E-state index in [9.17, 15) is 9.59 Å². The molecular weight excluding hydrogens is 328 g/mol. The molecule has 0 spiro atoms. The molecule has 9 heteroatoms. The van der Waals surface area contributed by atoms with Crippen LogP contribution in [0, 0.1) is 0 Å². The second-order valence-electron chi connectivity index (χ2n) is 5.83. The van der Waals surface area contributed by atoms with Crippen LogP contribution in [-0.2, 0) is 24.2 Å². The molecule has 3 aromatic rings. The van der Waals surface area contributed by atoms with Crippen molar-refractivity contribution in [2.75, 3.05) is 0 Å². The third-order valence-electron chi connectivity index (χ3n) is 4.26. The van der Waals surface area contributed by atoms with Crippen molar-refractivity contribution in [3.05, 3.63) is 45.1 Å². The molecule has 0 saturated carbocycles. The Morgan fingerprint density at radius 3 is 3.21 bits per heavy atom. The van der Waals surface area contributed by atoms with Crippen molar-refractivity contribution in [3.63, 3.8) is 0 Å². The van der Waals surface area contributed by atoms with E-state index in [1.54, 1.807) is 17.5 Å². The first-order valence-electron chi connectivity index (χ1n) is 7.79. The first kappa shape index (κ1) is 15.0. The van der Waals surface area contributed by atoms with Gasteiger partial charge in [-0.15, -0.1) is 11.3 Å². The molecule has 1 amide bonds. The molecule has 1 unspecified atom stereocenters. The standard InChI is InChI=1S/C15H16N6O2S/c1-9(20-13(22)5-10-3-2-4-12(10)19-20)14(23)16-6-11-7-24-15-17-8-18-21(11)15/h5,7-9H,2-4,6H2,1H3,(H,16,23). The number of carbonyl (C=O) groups is 1. The zero-order chi connectivity index (χ0) is 16.7. The highest BCUT2D eigenvalue weighted by atomic mass is 32.1. The Labute approximate surface area is 141 Å². The molecule has 1 aliphatic rings. The maximum Gasteiger partial charge on any atom is 0.267 e. The average Bonchev–Trinajstić information content (AvgIpc) is 3.27. The van der Waals surface area contributed by atoms with E-state index >= 15 is 0 Å². The predicted molar refractivity (Wildman–Crippen MR) is 87.9 cm³/mol. The normalized spacial score (nSPS) is 14.7. The highest BCUT2D eigenvalue weighted by Crippen LogP contribution is 2.18. The SMILES string of the molecule is CC(C(=O)NCc1csc2ncnn12)n1nc2c(cc1=O)CCC2. The van der Waals surface area contributed by atoms with Gasteiger partial charge < -0.3 is 5.32 Å². The summed E-state index contributed by atoms with van der Waals surface area (Å²) >= 11 is 1.46. The number of hydrogen-bond donors (Lipinski definition) is 1. The first-order valence-corrected chi connectivity index (χ1v) is 8.67. The van der Waals surface area contributed by atoms with Crippen LogP contribution in [0.5, 0.6) is 0 Å². The van der Waals surface area contributed by atoms with Crippen LogP contribution in [0.25, 0.3) is 4.96 Å². The minimum atomic E-state index is -0.659. The topological polar surface area (TPSA) is 94.2 Å². The van der Waals surface area contributed by atoms with Gasteiger partial charge in [0.05, 0.1) is 17.9 Å². The molecule has 0 bridgehead atoms. The molecule has 4 rings (SSSR count). The lowest BCUT2D eigenvalue weighted by atomic mass is 10.2. The van der Waals surface area contributed by atoms with Gasteiger partial charge in [-0.05, 0) is 31.7 Å². The minimum Gasteiger partial charge on any atom is -0.349 e. The van der Waals surface area contributed by atoms with E-state index in [1.807, 2.05) is 5.38 Å². The summed E-state index contributed by atoms with van der Waals surface area (Å²) in [5, 5.41) is 13.2. The van der Waals surface area contributed by atoms with Gasteiger partial charge in [-0.1, -0.05) is 0 Å². The van der Waals surface area contributed by atoms with Gasteiger partial charge >= 0.3 is 0 Å². The van der Waals surface area contributed by atoms with Gasteiger partial charge in [-0.2, -0.15) is 10.2 Å². The van der Waals surface area contributed by atoms with Crippen molar-refractivity contribution in [1.29, 1.82) is 0 Å². The lowest BCUT2D eigenvalue weighted by molar-refractivity contribution is -0.124. The zero-order valence-corrected chi connectivity index (χ0v) is 13.9. The molecular formula is C15H16N6O2S. The molecule has 0 saturated heterocycles. The average molecular weight is 344 g/mol. The van der Waals surface area contributed by atoms with Crippen LogP contribution in [0.2, 0.25) is 0 Å². The second kappa shape index (κ2) is 5.82. The zero-order valence-electron chi connectivity index (χ0n) is 13.1. The lowest BCUT2D eigenvalue weighted by Gasteiger charge is -2.14. The summed E-state index contributed by atoms with van der Waals surface area (Å²) < 4.78 is 2.97. The fraction of sp³-hybridized carbons (Fsp3) is 0.400. The van der Waals surface area contributed by atoms with Crippen LogP contribution in [-0.4, -0.2) is 30.3 Å². The van der Waals surface area contributed by atoms with E-state index in [2.05, 4.69) is 20.5 Å². The van der Waals surface area contributed by atoms with E-state index in [1.165, 1.54) is 22.3 Å². The fourth-order valence-electron chi connectivity index (χ4n) is 2.92. The summed E-state index contributed by atoms with van der Waals surface area (Å²) in [7, 11) is 0. The van der Waals surface area contributed by atoms with Crippen molar-refractivity contribution in [3.8, 4) is 0 Å². The van der Waals surface area contributed by atoms with E-state index in [-0.39, 0.29) is 11.5 Å². The van der Waals surface area contributed by atoms with Crippen molar-refractivity contribution in [1.82, 2.24) is 29.7 Å². The summed E-state index contributed by atoms with van der Waals surface area (Å²) in [6, 6.07) is 0.949. The number of aromatic nitrogens is 5. The quantitative estimate of drug-likeness (QED) is 0.752. The summed E-state index contributed by atoms with van der Waals surface area (Å²) in [6.45, 7) is 2.01. The number of thiazole rings is 1. The largest absolute Gasteiger partial charge is 0.349 e. The molecule has 0 aromatic carbocycles. The third-order valence-corrected chi connectivity index (χ3v) is 5.14. The molecule has 1 atom stereocenters. The molecule has 0 fully saturated rings. The molecule has 3 aromatic heterocycles. The van der Waals surface area contributed by atoms with Gasteiger partial charge in [0.15, 0.2) is 0 Å². The molecule has 124 valence electrons. The summed E-state index contributed by atoms with van der Waals surface area (Å²) in [5.41, 5.74) is 2.56. The minimum absolute atomic E-state index is 0.229. The molecule has 24 heavy (non-hydrogen) atoms. The summed E-state index contributed by atoms with van der Waals surface area (Å²) in [6.07, 6.45) is 4.25. The van der Waals surface area contributed by atoms with E-state index in [0.717, 1.165) is 41.2 Å². The number of hydrogen-bond acceptors (Lipinski definition) is 6. The highest BCUT2D eigenvalue weighted by molar-refractivity contribution is 7.15. The number of fused-ring (bicyclic) bond motifs is 2. The molecule has 1 aliphatic carbocycles. The Bertz CT molecular complexity index is 972. The van der Waals surface area contributed by atoms with Gasteiger partial charge in [-0.25, -0.2) is 14.2 Å². The predicted octanol–water partition coefficient (Wildman–Crippen LogP) is 0.714. The van der Waals surface area contributed by atoms with Gasteiger partial charge in [0, 0.05) is 11.4 Å². The van der Waals surface area contributed by atoms with Crippen LogP contribution in [0.15, 0.2) is 22.6 Å². The van der Waals surface area contributed by atoms with Gasteiger partial charge in [0.25, 0.3) is 5.56 Å². The molecule has 1 N–H and O–H groups in total. The third kappa shape index (κ3) is 2.50. The number of carbonyl (C=O) groups excluding carboxylic acids is 1. The number of aryl methyl sites for hydroxylation is 2. The number of nitrogens with zero attached hydrogens (tertiary/aromatic N) is 5. The summed E-state index contributed by atoms with van der Waals surface area (Å²) in [5.74, 6) is -0.248. The van der Waals surface area contributed by atoms with Crippen LogP contribution in [0.3, 0.4) is 0 Å². The van der Waals surface area contributed by atoms with Crippen molar-refractivity contribution >= 4 is 22.2 Å². The summed E-state index contributed by atoms with van der Waals surface area (Å²) in [4.78, 5) is 29.5. The van der Waals surface area contributed by atoms with Crippen LogP contribution < -0.4 is 10.9 Å². The van der Waals surface area contributed by atoms with E-state index in [0.29, 0.717) is 6.54 Å². The van der Waals surface area contributed by atoms with Crippen molar-refractivity contribution in [2.45, 2.75) is 38.8 Å². The van der Waals surface area contributed by atoms with Crippen molar-refractivity contribution in [2.24, 2.45) is 0 Å². The Morgan fingerprint density at radius 2 is 2.33 bits per heavy atom. The first-order chi connectivity index (χ1) is 11.6. The van der Waals surface area contributed by atoms with Crippen LogP contribution in [0.1, 0.15) is 36.3 Å². The maximum absolute atomic E-state index is 12.4. The highest BCUT2D eigenvalue weighted by Gasteiger charge is 2.21. The van der Waals surface area contributed by atoms with Gasteiger partial charge in [-0.3, -0.25) is 9.59 Å². The maximum atomic E-state index is 12.4. The Morgan fingerprint density at radius 1 is 1.46 bits per heavy atom. The van der Waals surface area contributed by atoms with Gasteiger partial charge in [0.1, 0.15) is 12.4 Å². The fourth-order valence-corrected chi connectivity index (χ4v) is 3.72. The Hall–Kier alpha value is -2.55. The molecule has 0 radical (unpaired) electrons. The smallest absolute Gasteiger partial charge is 0.267 e. The molecule has 3 heterocycles. The van der Waals surface area contributed by atoms with Crippen LogP contribution in [0.4, 0.5) is 0 Å². The number of rotatable bonds is 4. The van der Waals surface area contributed by atoms with Gasteiger partial charge in [0.2, 0.25) is 10.9 Å². The van der Waals surface area contributed by atoms with E-state index < -0.39 is 6.04 Å². The molecule has 0 aliphatic heterocycles. The van der Waals surface area contributed by atoms with Crippen LogP contribution >= 0.6 is 11.3 Å². The van der Waals surface area contributed by atoms with Crippen molar-refractivity contribution < 1.29 is 4.79 Å². The number of nitrogens with one attached hydrogen (secondary N) is 1. The second-order valence-corrected chi connectivity index (χ2v) is 6.66. The lowest BCUT2D eigenvalue weighted by Crippen LogP contribution is -2.37. The Balaban J connectivity index is 1.50. The molecule has 8 nitrogen and oxygen atoms in total. The Kier molecular flexibility index (Phi) is 3.64.